The van der Waals surface area contributed by atoms with Gasteiger partial charge in [-0.1, -0.05) is 37.3 Å². The topological polar surface area (TPSA) is 47.6 Å². The lowest BCUT2D eigenvalue weighted by molar-refractivity contribution is -0.142. The van der Waals surface area contributed by atoms with Gasteiger partial charge in [0.05, 0.1) is 7.11 Å². The molecule has 2 aromatic carbocycles. The Morgan fingerprint density at radius 2 is 2.00 bits per heavy atom. The van der Waals surface area contributed by atoms with Crippen LogP contribution in [-0.2, 0) is 16.1 Å². The molecule has 0 atom stereocenters. The number of esters is 1. The van der Waals surface area contributed by atoms with Gasteiger partial charge in [-0.05, 0) is 23.4 Å². The van der Waals surface area contributed by atoms with Crippen LogP contribution in [0, 0.1) is 0 Å². The zero-order valence-electron chi connectivity index (χ0n) is 11.8. The Morgan fingerprint density at radius 1 is 1.20 bits per heavy atom. The van der Waals surface area contributed by atoms with Crippen molar-refractivity contribution in [2.75, 3.05) is 20.3 Å². The predicted octanol–water partition coefficient (Wildman–Crippen LogP) is 2.50. The van der Waals surface area contributed by atoms with Gasteiger partial charge < -0.3 is 14.8 Å². The molecule has 0 saturated heterocycles. The third kappa shape index (κ3) is 3.27. The highest BCUT2D eigenvalue weighted by Gasteiger charge is 2.10. The number of carbonyl (C=O) groups excluding carboxylic acids is 1. The maximum Gasteiger partial charge on any atom is 0.343 e. The van der Waals surface area contributed by atoms with Crippen molar-refractivity contribution in [3.63, 3.8) is 0 Å². The van der Waals surface area contributed by atoms with E-state index in [1.54, 1.807) is 0 Å². The van der Waals surface area contributed by atoms with Crippen LogP contribution in [0.3, 0.4) is 0 Å². The third-order valence-corrected chi connectivity index (χ3v) is 3.12. The minimum Gasteiger partial charge on any atom is -0.482 e. The van der Waals surface area contributed by atoms with E-state index in [9.17, 15) is 4.79 Å². The summed E-state index contributed by atoms with van der Waals surface area (Å²) in [6.45, 7) is 3.56. The minimum absolute atomic E-state index is 0.0754. The van der Waals surface area contributed by atoms with Gasteiger partial charge in [-0.25, -0.2) is 4.79 Å². The van der Waals surface area contributed by atoms with Gasteiger partial charge in [0.1, 0.15) is 5.75 Å². The third-order valence-electron chi connectivity index (χ3n) is 3.12. The second-order valence-electron chi connectivity index (χ2n) is 4.41. The average Bonchev–Trinajstić information content (AvgIpc) is 2.50. The molecule has 4 nitrogen and oxygen atoms in total. The molecule has 0 aromatic heterocycles. The van der Waals surface area contributed by atoms with Crippen molar-refractivity contribution < 1.29 is 14.3 Å². The molecule has 0 fully saturated rings. The SMILES string of the molecule is CCNCc1c(OCC(=O)OC)ccc2ccccc12. The van der Waals surface area contributed by atoms with Gasteiger partial charge in [0.25, 0.3) is 0 Å². The van der Waals surface area contributed by atoms with Crippen LogP contribution in [0.5, 0.6) is 5.75 Å². The van der Waals surface area contributed by atoms with Crippen molar-refractivity contribution in [1.29, 1.82) is 0 Å². The standard InChI is InChI=1S/C16H19NO3/c1-3-17-10-14-13-7-5-4-6-12(13)8-9-15(14)20-11-16(18)19-2/h4-9,17H,3,10-11H2,1-2H3. The van der Waals surface area contributed by atoms with Crippen molar-refractivity contribution in [2.45, 2.75) is 13.5 Å². The molecule has 106 valence electrons. The van der Waals surface area contributed by atoms with Crippen molar-refractivity contribution in [2.24, 2.45) is 0 Å². The highest BCUT2D eigenvalue weighted by atomic mass is 16.6. The quantitative estimate of drug-likeness (QED) is 0.821. The molecule has 4 heteroatoms. The number of benzene rings is 2. The van der Waals surface area contributed by atoms with Crippen molar-refractivity contribution in [3.8, 4) is 5.75 Å². The van der Waals surface area contributed by atoms with Crippen molar-refractivity contribution in [3.05, 3.63) is 42.0 Å². The van der Waals surface area contributed by atoms with Crippen molar-refractivity contribution in [1.82, 2.24) is 5.32 Å². The molecular formula is C16H19NO3. The highest BCUT2D eigenvalue weighted by molar-refractivity contribution is 5.87. The fraction of sp³-hybridized carbons (Fsp3) is 0.312. The van der Waals surface area contributed by atoms with Crippen LogP contribution >= 0.6 is 0 Å². The molecule has 0 spiro atoms. The number of hydrogen-bond acceptors (Lipinski definition) is 4. The fourth-order valence-electron chi connectivity index (χ4n) is 2.08. The van der Waals surface area contributed by atoms with E-state index in [1.165, 1.54) is 7.11 Å². The predicted molar refractivity (Wildman–Crippen MR) is 78.8 cm³/mol. The van der Waals surface area contributed by atoms with Crippen LogP contribution in [0.2, 0.25) is 0 Å². The summed E-state index contributed by atoms with van der Waals surface area (Å²) in [4.78, 5) is 11.2. The monoisotopic (exact) mass is 273 g/mol. The lowest BCUT2D eigenvalue weighted by Gasteiger charge is -2.14. The molecule has 0 bridgehead atoms. The van der Waals surface area contributed by atoms with Crippen LogP contribution in [-0.4, -0.2) is 26.2 Å². The maximum atomic E-state index is 11.2. The number of nitrogens with one attached hydrogen (secondary N) is 1. The molecule has 20 heavy (non-hydrogen) atoms. The van der Waals surface area contributed by atoms with Crippen LogP contribution in [0.1, 0.15) is 12.5 Å². The van der Waals surface area contributed by atoms with Crippen LogP contribution in [0.25, 0.3) is 10.8 Å². The van der Waals surface area contributed by atoms with Gasteiger partial charge in [0, 0.05) is 12.1 Å². The van der Waals surface area contributed by atoms with E-state index < -0.39 is 0 Å². The second kappa shape index (κ2) is 6.91. The summed E-state index contributed by atoms with van der Waals surface area (Å²) in [6, 6.07) is 12.0. The number of rotatable bonds is 6. The number of ether oxygens (including phenoxy) is 2. The first-order chi connectivity index (χ1) is 9.76. The van der Waals surface area contributed by atoms with E-state index in [1.807, 2.05) is 24.3 Å². The Kier molecular flexibility index (Phi) is 4.96. The van der Waals surface area contributed by atoms with E-state index in [4.69, 9.17) is 4.74 Å². The number of fused-ring (bicyclic) bond motifs is 1. The Balaban J connectivity index is 2.34. The zero-order chi connectivity index (χ0) is 14.4. The van der Waals surface area contributed by atoms with Gasteiger partial charge in [0.15, 0.2) is 6.61 Å². The van der Waals surface area contributed by atoms with Crippen molar-refractivity contribution >= 4 is 16.7 Å². The molecule has 1 N–H and O–H groups in total. The average molecular weight is 273 g/mol. The van der Waals surface area contributed by atoms with E-state index in [2.05, 4.69) is 29.1 Å². The molecule has 0 aliphatic rings. The molecule has 0 radical (unpaired) electrons. The Morgan fingerprint density at radius 3 is 2.75 bits per heavy atom. The van der Waals surface area contributed by atoms with Crippen LogP contribution < -0.4 is 10.1 Å². The summed E-state index contributed by atoms with van der Waals surface area (Å²) in [7, 11) is 1.35. The van der Waals surface area contributed by atoms with Gasteiger partial charge in [-0.15, -0.1) is 0 Å². The summed E-state index contributed by atoms with van der Waals surface area (Å²) < 4.78 is 10.2. The number of methoxy groups -OCH3 is 1. The summed E-state index contributed by atoms with van der Waals surface area (Å²) in [5, 5.41) is 5.60. The number of hydrogen-bond donors (Lipinski definition) is 1. The molecule has 0 aliphatic heterocycles. The van der Waals surface area contributed by atoms with Gasteiger partial charge >= 0.3 is 5.97 Å². The van der Waals surface area contributed by atoms with E-state index >= 15 is 0 Å². The Labute approximate surface area is 118 Å². The summed E-state index contributed by atoms with van der Waals surface area (Å²) in [6.07, 6.45) is 0. The molecule has 2 rings (SSSR count). The second-order valence-corrected chi connectivity index (χ2v) is 4.41. The largest absolute Gasteiger partial charge is 0.482 e. The smallest absolute Gasteiger partial charge is 0.343 e. The molecule has 0 aliphatic carbocycles. The molecule has 2 aromatic rings. The maximum absolute atomic E-state index is 11.2. The fourth-order valence-corrected chi connectivity index (χ4v) is 2.08. The molecule has 0 unspecified atom stereocenters. The lowest BCUT2D eigenvalue weighted by Crippen LogP contribution is -2.16. The highest BCUT2D eigenvalue weighted by Crippen LogP contribution is 2.28. The zero-order valence-corrected chi connectivity index (χ0v) is 11.8. The van der Waals surface area contributed by atoms with E-state index in [0.717, 1.165) is 28.6 Å². The first-order valence-electron chi connectivity index (χ1n) is 6.67. The first kappa shape index (κ1) is 14.3. The first-order valence-corrected chi connectivity index (χ1v) is 6.67. The molecule has 0 saturated carbocycles. The van der Waals surface area contributed by atoms with Gasteiger partial charge in [-0.2, -0.15) is 0 Å². The van der Waals surface area contributed by atoms with Crippen LogP contribution in [0.15, 0.2) is 36.4 Å². The number of carbonyl (C=O) groups is 1. The van der Waals surface area contributed by atoms with E-state index in [0.29, 0.717) is 6.54 Å². The van der Waals surface area contributed by atoms with E-state index in [-0.39, 0.29) is 12.6 Å². The van der Waals surface area contributed by atoms with Gasteiger partial charge in [-0.3, -0.25) is 0 Å². The summed E-state index contributed by atoms with van der Waals surface area (Å²) in [5.74, 6) is 0.336. The Hall–Kier alpha value is -2.07. The summed E-state index contributed by atoms with van der Waals surface area (Å²) in [5.41, 5.74) is 1.06. The molecular weight excluding hydrogens is 254 g/mol. The molecule has 0 amide bonds. The van der Waals surface area contributed by atoms with Crippen LogP contribution in [0.4, 0.5) is 0 Å². The van der Waals surface area contributed by atoms with Gasteiger partial charge in [0.2, 0.25) is 0 Å². The lowest BCUT2D eigenvalue weighted by atomic mass is 10.0. The summed E-state index contributed by atoms with van der Waals surface area (Å²) >= 11 is 0. The minimum atomic E-state index is -0.382. The Bertz CT molecular complexity index is 595. The molecule has 0 heterocycles. The normalized spacial score (nSPS) is 10.5.